The molecule has 16 heavy (non-hydrogen) atoms. The molecule has 0 aromatic heterocycles. The van der Waals surface area contributed by atoms with E-state index in [0.717, 1.165) is 10.5 Å². The predicted molar refractivity (Wildman–Crippen MR) is 65.3 cm³/mol. The maximum Gasteiger partial charge on any atom is 0.174 e. The number of aliphatic hydroxyl groups is 1. The maximum atomic E-state index is 9.09. The van der Waals surface area contributed by atoms with E-state index in [1.54, 1.807) is 20.3 Å². The second-order valence-corrected chi connectivity index (χ2v) is 4.03. The summed E-state index contributed by atoms with van der Waals surface area (Å²) in [5, 5.41) is 9.09. The number of hydrogen-bond acceptors (Lipinski definition) is 5. The van der Waals surface area contributed by atoms with Crippen molar-refractivity contribution in [2.75, 3.05) is 27.1 Å². The molecule has 1 unspecified atom stereocenters. The van der Waals surface area contributed by atoms with E-state index in [4.69, 9.17) is 20.3 Å². The highest BCUT2D eigenvalue weighted by Crippen LogP contribution is 2.40. The SMILES string of the molecule is COc1ccc(C(N)CO)c(SC)c1OC. The third kappa shape index (κ3) is 2.42. The van der Waals surface area contributed by atoms with Crippen molar-refractivity contribution in [1.82, 2.24) is 0 Å². The number of aliphatic hydroxyl groups excluding tert-OH is 1. The maximum absolute atomic E-state index is 9.09. The fraction of sp³-hybridized carbons (Fsp3) is 0.455. The van der Waals surface area contributed by atoms with Crippen molar-refractivity contribution in [2.45, 2.75) is 10.9 Å². The summed E-state index contributed by atoms with van der Waals surface area (Å²) in [4.78, 5) is 0.906. The molecule has 1 aromatic carbocycles. The lowest BCUT2D eigenvalue weighted by atomic mass is 10.1. The predicted octanol–water partition coefficient (Wildman–Crippen LogP) is 1.42. The lowest BCUT2D eigenvalue weighted by Gasteiger charge is -2.18. The van der Waals surface area contributed by atoms with E-state index >= 15 is 0 Å². The first kappa shape index (κ1) is 13.2. The Morgan fingerprint density at radius 3 is 2.50 bits per heavy atom. The van der Waals surface area contributed by atoms with Crippen LogP contribution in [0.15, 0.2) is 17.0 Å². The summed E-state index contributed by atoms with van der Waals surface area (Å²) >= 11 is 1.52. The van der Waals surface area contributed by atoms with Gasteiger partial charge in [-0.2, -0.15) is 0 Å². The number of rotatable bonds is 5. The van der Waals surface area contributed by atoms with Gasteiger partial charge in [-0.3, -0.25) is 0 Å². The quantitative estimate of drug-likeness (QED) is 0.766. The first-order valence-corrected chi connectivity index (χ1v) is 6.07. The Balaban J connectivity index is 3.31. The Labute approximate surface area is 99.7 Å². The molecule has 0 aliphatic rings. The van der Waals surface area contributed by atoms with Gasteiger partial charge in [0.25, 0.3) is 0 Å². The molecule has 0 fully saturated rings. The first-order valence-electron chi connectivity index (χ1n) is 4.84. The molecule has 3 N–H and O–H groups in total. The molecule has 0 aliphatic heterocycles. The summed E-state index contributed by atoms with van der Waals surface area (Å²) in [6, 6.07) is 3.25. The summed E-state index contributed by atoms with van der Waals surface area (Å²) in [6.07, 6.45) is 1.94. The third-order valence-electron chi connectivity index (χ3n) is 2.33. The minimum atomic E-state index is -0.401. The largest absolute Gasteiger partial charge is 0.493 e. The normalized spacial score (nSPS) is 12.3. The van der Waals surface area contributed by atoms with Crippen molar-refractivity contribution < 1.29 is 14.6 Å². The fourth-order valence-electron chi connectivity index (χ4n) is 1.51. The van der Waals surface area contributed by atoms with Crippen molar-refractivity contribution in [3.63, 3.8) is 0 Å². The van der Waals surface area contributed by atoms with Gasteiger partial charge >= 0.3 is 0 Å². The summed E-state index contributed by atoms with van der Waals surface area (Å²) in [7, 11) is 3.18. The van der Waals surface area contributed by atoms with E-state index in [9.17, 15) is 0 Å². The number of hydrogen-bond donors (Lipinski definition) is 2. The van der Waals surface area contributed by atoms with Crippen LogP contribution in [0.5, 0.6) is 11.5 Å². The Morgan fingerprint density at radius 2 is 2.06 bits per heavy atom. The number of ether oxygens (including phenoxy) is 2. The number of methoxy groups -OCH3 is 2. The van der Waals surface area contributed by atoms with E-state index in [1.165, 1.54) is 11.8 Å². The van der Waals surface area contributed by atoms with E-state index in [0.29, 0.717) is 11.5 Å². The van der Waals surface area contributed by atoms with Crippen molar-refractivity contribution in [1.29, 1.82) is 0 Å². The summed E-state index contributed by atoms with van der Waals surface area (Å²) in [5.74, 6) is 1.33. The molecule has 1 atom stereocenters. The molecular formula is C11H17NO3S. The minimum Gasteiger partial charge on any atom is -0.493 e. The molecule has 0 heterocycles. The number of nitrogens with two attached hydrogens (primary N) is 1. The van der Waals surface area contributed by atoms with Gasteiger partial charge in [-0.15, -0.1) is 11.8 Å². The van der Waals surface area contributed by atoms with E-state index < -0.39 is 6.04 Å². The zero-order valence-corrected chi connectivity index (χ0v) is 10.5. The summed E-state index contributed by atoms with van der Waals surface area (Å²) in [6.45, 7) is -0.0942. The molecule has 0 aliphatic carbocycles. The van der Waals surface area contributed by atoms with Crippen molar-refractivity contribution in [2.24, 2.45) is 5.73 Å². The molecule has 0 saturated carbocycles. The van der Waals surface area contributed by atoms with Crippen LogP contribution in [0.25, 0.3) is 0 Å². The van der Waals surface area contributed by atoms with Gasteiger partial charge in [-0.05, 0) is 17.9 Å². The molecule has 0 amide bonds. The monoisotopic (exact) mass is 243 g/mol. The lowest BCUT2D eigenvalue weighted by molar-refractivity contribution is 0.265. The minimum absolute atomic E-state index is 0.0942. The molecule has 1 rings (SSSR count). The van der Waals surface area contributed by atoms with Gasteiger partial charge in [-0.1, -0.05) is 6.07 Å². The van der Waals surface area contributed by atoms with Crippen molar-refractivity contribution >= 4 is 11.8 Å². The van der Waals surface area contributed by atoms with Crippen LogP contribution < -0.4 is 15.2 Å². The van der Waals surface area contributed by atoms with Crippen molar-refractivity contribution in [3.05, 3.63) is 17.7 Å². The van der Waals surface area contributed by atoms with Gasteiger partial charge in [-0.25, -0.2) is 0 Å². The summed E-state index contributed by atoms with van der Waals surface area (Å²) < 4.78 is 10.5. The molecule has 0 saturated heterocycles. The fourth-order valence-corrected chi connectivity index (χ4v) is 2.34. The molecule has 0 radical (unpaired) electrons. The Morgan fingerprint density at radius 1 is 1.38 bits per heavy atom. The average Bonchev–Trinajstić information content (AvgIpc) is 2.35. The van der Waals surface area contributed by atoms with Gasteiger partial charge in [0.1, 0.15) is 0 Å². The Hall–Kier alpha value is -0.910. The molecule has 4 nitrogen and oxygen atoms in total. The number of thioether (sulfide) groups is 1. The van der Waals surface area contributed by atoms with Gasteiger partial charge in [0, 0.05) is 0 Å². The molecule has 1 aromatic rings. The highest BCUT2D eigenvalue weighted by atomic mass is 32.2. The summed E-state index contributed by atoms with van der Waals surface area (Å²) in [5.41, 5.74) is 6.69. The lowest BCUT2D eigenvalue weighted by Crippen LogP contribution is -2.15. The van der Waals surface area contributed by atoms with Crippen LogP contribution in [0.4, 0.5) is 0 Å². The van der Waals surface area contributed by atoms with E-state index in [1.807, 2.05) is 12.3 Å². The zero-order chi connectivity index (χ0) is 12.1. The standard InChI is InChI=1S/C11H17NO3S/c1-14-9-5-4-7(8(12)6-13)11(16-3)10(9)15-2/h4-5,8,13H,6,12H2,1-3H3. The molecule has 90 valence electrons. The van der Waals surface area contributed by atoms with Gasteiger partial charge in [0.05, 0.1) is 31.8 Å². The topological polar surface area (TPSA) is 64.7 Å². The van der Waals surface area contributed by atoms with Crippen LogP contribution in [0, 0.1) is 0 Å². The zero-order valence-electron chi connectivity index (χ0n) is 9.69. The molecular weight excluding hydrogens is 226 g/mol. The first-order chi connectivity index (χ1) is 7.69. The second kappa shape index (κ2) is 5.98. The van der Waals surface area contributed by atoms with Crippen LogP contribution >= 0.6 is 11.8 Å². The van der Waals surface area contributed by atoms with Crippen LogP contribution in [0.3, 0.4) is 0 Å². The second-order valence-electron chi connectivity index (χ2n) is 3.21. The smallest absolute Gasteiger partial charge is 0.174 e. The highest BCUT2D eigenvalue weighted by Gasteiger charge is 2.17. The number of benzene rings is 1. The highest BCUT2D eigenvalue weighted by molar-refractivity contribution is 7.98. The van der Waals surface area contributed by atoms with Gasteiger partial charge in [0.15, 0.2) is 11.5 Å². The van der Waals surface area contributed by atoms with Crippen molar-refractivity contribution in [3.8, 4) is 11.5 Å². The van der Waals surface area contributed by atoms with Crippen LogP contribution in [-0.2, 0) is 0 Å². The average molecular weight is 243 g/mol. The Kier molecular flexibility index (Phi) is 4.92. The van der Waals surface area contributed by atoms with Crippen LogP contribution in [0.1, 0.15) is 11.6 Å². The van der Waals surface area contributed by atoms with Gasteiger partial charge in [0.2, 0.25) is 0 Å². The molecule has 0 spiro atoms. The van der Waals surface area contributed by atoms with E-state index in [-0.39, 0.29) is 6.61 Å². The van der Waals surface area contributed by atoms with Gasteiger partial charge < -0.3 is 20.3 Å². The van der Waals surface area contributed by atoms with Crippen LogP contribution in [0.2, 0.25) is 0 Å². The van der Waals surface area contributed by atoms with E-state index in [2.05, 4.69) is 0 Å². The van der Waals surface area contributed by atoms with Crippen LogP contribution in [-0.4, -0.2) is 32.2 Å². The molecule has 0 bridgehead atoms. The molecule has 5 heteroatoms. The Bertz CT molecular complexity index is 357. The third-order valence-corrected chi connectivity index (χ3v) is 3.16.